The molecule has 0 amide bonds. The maximum atomic E-state index is 10.3. The smallest absolute Gasteiger partial charge is 0.357 e. The van der Waals surface area contributed by atoms with Crippen LogP contribution < -0.4 is 5.73 Å². The van der Waals surface area contributed by atoms with Crippen molar-refractivity contribution in [1.29, 1.82) is 0 Å². The Labute approximate surface area is 62.8 Å². The zero-order valence-electron chi connectivity index (χ0n) is 5.78. The second-order valence-electron chi connectivity index (χ2n) is 1.97. The first-order valence-electron chi connectivity index (χ1n) is 3.12. The second-order valence-corrected chi connectivity index (χ2v) is 1.97. The molecule has 60 valence electrons. The minimum Gasteiger partial charge on any atom is -0.476 e. The minimum atomic E-state index is -1.09. The van der Waals surface area contributed by atoms with Crippen LogP contribution in [-0.4, -0.2) is 22.6 Å². The molecule has 1 aromatic rings. The van der Waals surface area contributed by atoms with Gasteiger partial charge in [-0.1, -0.05) is 0 Å². The SMILES string of the molecule is NCCc1nc(C(=O)O)co1. The monoisotopic (exact) mass is 156 g/mol. The highest BCUT2D eigenvalue weighted by molar-refractivity contribution is 5.84. The zero-order valence-corrected chi connectivity index (χ0v) is 5.78. The number of carbonyl (C=O) groups is 1. The van der Waals surface area contributed by atoms with E-state index in [2.05, 4.69) is 4.98 Å². The summed E-state index contributed by atoms with van der Waals surface area (Å²) in [7, 11) is 0. The first kappa shape index (κ1) is 7.74. The number of rotatable bonds is 3. The Bertz CT molecular complexity index is 256. The number of aromatic nitrogens is 1. The lowest BCUT2D eigenvalue weighted by atomic mass is 10.4. The van der Waals surface area contributed by atoms with E-state index in [9.17, 15) is 4.79 Å². The van der Waals surface area contributed by atoms with Crippen molar-refractivity contribution < 1.29 is 14.3 Å². The summed E-state index contributed by atoms with van der Waals surface area (Å²) < 4.78 is 4.79. The molecular formula is C6H8N2O3. The molecule has 5 nitrogen and oxygen atoms in total. The highest BCUT2D eigenvalue weighted by Crippen LogP contribution is 2.01. The molecule has 1 heterocycles. The molecule has 0 aliphatic carbocycles. The molecule has 0 aliphatic heterocycles. The summed E-state index contributed by atoms with van der Waals surface area (Å²) in [5.74, 6) is -0.720. The van der Waals surface area contributed by atoms with E-state index < -0.39 is 5.97 Å². The van der Waals surface area contributed by atoms with E-state index in [1.54, 1.807) is 0 Å². The highest BCUT2D eigenvalue weighted by Gasteiger charge is 2.08. The summed E-state index contributed by atoms with van der Waals surface area (Å²) in [6.45, 7) is 0.402. The molecule has 0 saturated heterocycles. The number of nitrogens with zero attached hydrogens (tertiary/aromatic N) is 1. The average Bonchev–Trinajstić information content (AvgIpc) is 2.37. The van der Waals surface area contributed by atoms with Gasteiger partial charge in [0.05, 0.1) is 0 Å². The van der Waals surface area contributed by atoms with Gasteiger partial charge in [0.1, 0.15) is 6.26 Å². The van der Waals surface area contributed by atoms with Gasteiger partial charge in [0.25, 0.3) is 0 Å². The Hall–Kier alpha value is -1.36. The maximum Gasteiger partial charge on any atom is 0.357 e. The molecule has 0 saturated carbocycles. The van der Waals surface area contributed by atoms with Crippen molar-refractivity contribution in [2.45, 2.75) is 6.42 Å². The molecule has 0 radical (unpaired) electrons. The van der Waals surface area contributed by atoms with Gasteiger partial charge in [-0.25, -0.2) is 9.78 Å². The number of hydrogen-bond acceptors (Lipinski definition) is 4. The van der Waals surface area contributed by atoms with Gasteiger partial charge in [-0.15, -0.1) is 0 Å². The summed E-state index contributed by atoms with van der Waals surface area (Å²) >= 11 is 0. The van der Waals surface area contributed by atoms with Crippen LogP contribution in [0.15, 0.2) is 10.7 Å². The second kappa shape index (κ2) is 3.16. The summed E-state index contributed by atoms with van der Waals surface area (Å²) in [5.41, 5.74) is 5.12. The largest absolute Gasteiger partial charge is 0.476 e. The van der Waals surface area contributed by atoms with Crippen LogP contribution in [0, 0.1) is 0 Å². The number of aromatic carboxylic acids is 1. The van der Waals surface area contributed by atoms with Crippen LogP contribution in [0.2, 0.25) is 0 Å². The molecule has 0 spiro atoms. The topological polar surface area (TPSA) is 89.3 Å². The molecule has 5 heteroatoms. The Kier molecular flexibility index (Phi) is 2.22. The molecule has 0 unspecified atom stereocenters. The van der Waals surface area contributed by atoms with E-state index in [-0.39, 0.29) is 5.69 Å². The van der Waals surface area contributed by atoms with Gasteiger partial charge in [-0.05, 0) is 0 Å². The third kappa shape index (κ3) is 1.78. The van der Waals surface area contributed by atoms with Gasteiger partial charge in [0, 0.05) is 13.0 Å². The Morgan fingerprint density at radius 1 is 1.82 bits per heavy atom. The molecule has 0 fully saturated rings. The van der Waals surface area contributed by atoms with Crippen LogP contribution in [0.25, 0.3) is 0 Å². The molecule has 0 bridgehead atoms. The molecule has 1 aromatic heterocycles. The van der Waals surface area contributed by atoms with Crippen LogP contribution in [0.5, 0.6) is 0 Å². The third-order valence-electron chi connectivity index (χ3n) is 1.13. The van der Waals surface area contributed by atoms with Crippen molar-refractivity contribution in [3.63, 3.8) is 0 Å². The summed E-state index contributed by atoms with van der Waals surface area (Å²) in [5, 5.41) is 8.41. The first-order chi connectivity index (χ1) is 5.24. The van der Waals surface area contributed by atoms with Crippen molar-refractivity contribution in [2.24, 2.45) is 5.73 Å². The molecule has 11 heavy (non-hydrogen) atoms. The quantitative estimate of drug-likeness (QED) is 0.636. The van der Waals surface area contributed by atoms with Crippen LogP contribution in [0.4, 0.5) is 0 Å². The maximum absolute atomic E-state index is 10.3. The van der Waals surface area contributed by atoms with Gasteiger partial charge in [0.15, 0.2) is 11.6 Å². The van der Waals surface area contributed by atoms with Gasteiger partial charge in [-0.3, -0.25) is 0 Å². The lowest BCUT2D eigenvalue weighted by Gasteiger charge is -1.85. The van der Waals surface area contributed by atoms with Gasteiger partial charge < -0.3 is 15.3 Å². The van der Waals surface area contributed by atoms with Crippen LogP contribution in [0.3, 0.4) is 0 Å². The Morgan fingerprint density at radius 2 is 2.55 bits per heavy atom. The lowest BCUT2D eigenvalue weighted by Crippen LogP contribution is -2.03. The van der Waals surface area contributed by atoms with Gasteiger partial charge >= 0.3 is 5.97 Å². The fourth-order valence-electron chi connectivity index (χ4n) is 0.647. The average molecular weight is 156 g/mol. The van der Waals surface area contributed by atoms with Crippen LogP contribution >= 0.6 is 0 Å². The lowest BCUT2D eigenvalue weighted by molar-refractivity contribution is 0.0690. The van der Waals surface area contributed by atoms with Gasteiger partial charge in [0.2, 0.25) is 0 Å². The number of nitrogens with two attached hydrogens (primary N) is 1. The van der Waals surface area contributed by atoms with Crippen molar-refractivity contribution >= 4 is 5.97 Å². The zero-order chi connectivity index (χ0) is 8.27. The van der Waals surface area contributed by atoms with Crippen LogP contribution in [0.1, 0.15) is 16.4 Å². The summed E-state index contributed by atoms with van der Waals surface area (Å²) in [6.07, 6.45) is 1.57. The predicted octanol–water partition coefficient (Wildman–Crippen LogP) is -0.126. The van der Waals surface area contributed by atoms with E-state index in [1.807, 2.05) is 0 Å². The standard InChI is InChI=1S/C6H8N2O3/c7-2-1-5-8-4(3-11-5)6(9)10/h3H,1-2,7H2,(H,9,10). The molecule has 3 N–H and O–H groups in total. The van der Waals surface area contributed by atoms with E-state index in [0.717, 1.165) is 6.26 Å². The van der Waals surface area contributed by atoms with Crippen molar-refractivity contribution in [3.8, 4) is 0 Å². The van der Waals surface area contributed by atoms with Crippen molar-refractivity contribution in [1.82, 2.24) is 4.98 Å². The molecule has 1 rings (SSSR count). The third-order valence-corrected chi connectivity index (χ3v) is 1.13. The summed E-state index contributed by atoms with van der Waals surface area (Å²) in [4.78, 5) is 13.9. The number of oxazole rings is 1. The molecule has 0 atom stereocenters. The Morgan fingerprint density at radius 3 is 3.00 bits per heavy atom. The van der Waals surface area contributed by atoms with Crippen LogP contribution in [-0.2, 0) is 6.42 Å². The predicted molar refractivity (Wildman–Crippen MR) is 36.2 cm³/mol. The van der Waals surface area contributed by atoms with E-state index >= 15 is 0 Å². The number of hydrogen-bond donors (Lipinski definition) is 2. The molecule has 0 aliphatic rings. The normalized spacial score (nSPS) is 9.91. The summed E-state index contributed by atoms with van der Waals surface area (Å²) in [6, 6.07) is 0. The highest BCUT2D eigenvalue weighted by atomic mass is 16.4. The Balaban J connectivity index is 2.73. The molecular weight excluding hydrogens is 148 g/mol. The van der Waals surface area contributed by atoms with Crippen molar-refractivity contribution in [3.05, 3.63) is 17.8 Å². The minimum absolute atomic E-state index is 0.0755. The van der Waals surface area contributed by atoms with E-state index in [1.165, 1.54) is 0 Å². The van der Waals surface area contributed by atoms with Gasteiger partial charge in [-0.2, -0.15) is 0 Å². The fourth-order valence-corrected chi connectivity index (χ4v) is 0.647. The number of carboxylic acids is 1. The fraction of sp³-hybridized carbons (Fsp3) is 0.333. The molecule has 0 aromatic carbocycles. The van der Waals surface area contributed by atoms with E-state index in [4.69, 9.17) is 15.3 Å². The van der Waals surface area contributed by atoms with E-state index in [0.29, 0.717) is 18.9 Å². The number of carboxylic acid groups (broad SMARTS) is 1. The van der Waals surface area contributed by atoms with Crippen molar-refractivity contribution in [2.75, 3.05) is 6.54 Å². The first-order valence-corrected chi connectivity index (χ1v) is 3.12.